The number of nitrogens with one attached hydrogen (secondary N) is 1. The highest BCUT2D eigenvalue weighted by molar-refractivity contribution is 6.00. The maximum atomic E-state index is 11.9. The first kappa shape index (κ1) is 18.2. The number of hydrogen-bond donors (Lipinski definition) is 1. The second kappa shape index (κ2) is 8.11. The molecule has 0 atom stereocenters. The van der Waals surface area contributed by atoms with Crippen LogP contribution in [0.25, 0.3) is 0 Å². The van der Waals surface area contributed by atoms with Crippen molar-refractivity contribution in [3.05, 3.63) is 64.2 Å². The maximum absolute atomic E-state index is 11.9. The monoisotopic (exact) mass is 335 g/mol. The molecule has 128 valence electrons. The Morgan fingerprint density at radius 1 is 1.16 bits per heavy atom. The highest BCUT2D eigenvalue weighted by atomic mass is 16.5. The van der Waals surface area contributed by atoms with Crippen molar-refractivity contribution in [3.8, 4) is 11.8 Å². The zero-order chi connectivity index (χ0) is 18.4. The molecule has 0 spiro atoms. The van der Waals surface area contributed by atoms with Crippen molar-refractivity contribution in [1.29, 1.82) is 5.26 Å². The number of carbonyl (C=O) groups is 1. The lowest BCUT2D eigenvalue weighted by Gasteiger charge is -2.10. The van der Waals surface area contributed by atoms with Gasteiger partial charge in [0.15, 0.2) is 6.61 Å². The normalized spacial score (nSPS) is 10.9. The van der Waals surface area contributed by atoms with Gasteiger partial charge in [-0.05, 0) is 62.6 Å². The minimum absolute atomic E-state index is 0.207. The SMILES string of the molecule is C/C(=N/NC(=O)COc1ccccc1C#N)c1cc(C)c(C)cc1C. The molecule has 25 heavy (non-hydrogen) atoms. The third kappa shape index (κ3) is 4.67. The molecule has 2 rings (SSSR count). The maximum Gasteiger partial charge on any atom is 0.277 e. The summed E-state index contributed by atoms with van der Waals surface area (Å²) in [5.74, 6) is -0.000523. The van der Waals surface area contributed by atoms with Crippen LogP contribution in [0.1, 0.15) is 34.7 Å². The summed E-state index contributed by atoms with van der Waals surface area (Å²) in [6.45, 7) is 7.77. The first-order valence-electron chi connectivity index (χ1n) is 7.95. The van der Waals surface area contributed by atoms with E-state index < -0.39 is 0 Å². The Kier molecular flexibility index (Phi) is 5.91. The molecular weight excluding hydrogens is 314 g/mol. The number of hydrazone groups is 1. The van der Waals surface area contributed by atoms with Gasteiger partial charge in [0.1, 0.15) is 11.8 Å². The van der Waals surface area contributed by atoms with Gasteiger partial charge in [0.25, 0.3) is 5.91 Å². The number of aryl methyl sites for hydroxylation is 3. The molecule has 0 fully saturated rings. The molecule has 1 amide bonds. The van der Waals surface area contributed by atoms with Crippen LogP contribution in [0.5, 0.6) is 5.75 Å². The van der Waals surface area contributed by atoms with Gasteiger partial charge in [-0.2, -0.15) is 10.4 Å². The lowest BCUT2D eigenvalue weighted by molar-refractivity contribution is -0.123. The minimum atomic E-state index is -0.381. The van der Waals surface area contributed by atoms with Crippen LogP contribution in [0.15, 0.2) is 41.5 Å². The standard InChI is InChI=1S/C20H21N3O2/c1-13-9-15(3)18(10-14(13)2)16(4)22-23-20(24)12-25-19-8-6-5-7-17(19)11-21/h5-10H,12H2,1-4H3,(H,23,24)/b22-16-. The Hall–Kier alpha value is -3.13. The number of benzene rings is 2. The van der Waals surface area contributed by atoms with Gasteiger partial charge in [0, 0.05) is 5.56 Å². The quantitative estimate of drug-likeness (QED) is 0.672. The summed E-state index contributed by atoms with van der Waals surface area (Å²) in [5.41, 5.74) is 8.12. The van der Waals surface area contributed by atoms with Crippen molar-refractivity contribution in [2.75, 3.05) is 6.61 Å². The van der Waals surface area contributed by atoms with Gasteiger partial charge in [-0.15, -0.1) is 0 Å². The summed E-state index contributed by atoms with van der Waals surface area (Å²) >= 11 is 0. The van der Waals surface area contributed by atoms with E-state index in [1.807, 2.05) is 26.8 Å². The van der Waals surface area contributed by atoms with Gasteiger partial charge >= 0.3 is 0 Å². The van der Waals surface area contributed by atoms with Gasteiger partial charge in [0.05, 0.1) is 11.3 Å². The first-order chi connectivity index (χ1) is 11.9. The largest absolute Gasteiger partial charge is 0.482 e. The minimum Gasteiger partial charge on any atom is -0.482 e. The summed E-state index contributed by atoms with van der Waals surface area (Å²) in [5, 5.41) is 13.2. The van der Waals surface area contributed by atoms with Crippen LogP contribution in [-0.2, 0) is 4.79 Å². The lowest BCUT2D eigenvalue weighted by Crippen LogP contribution is -2.26. The summed E-state index contributed by atoms with van der Waals surface area (Å²) in [6.07, 6.45) is 0. The number of ether oxygens (including phenoxy) is 1. The number of nitriles is 1. The number of para-hydroxylation sites is 1. The van der Waals surface area contributed by atoms with Crippen molar-refractivity contribution < 1.29 is 9.53 Å². The molecule has 5 heteroatoms. The topological polar surface area (TPSA) is 74.5 Å². The fourth-order valence-corrected chi connectivity index (χ4v) is 2.42. The second-order valence-electron chi connectivity index (χ2n) is 5.88. The van der Waals surface area contributed by atoms with Crippen LogP contribution in [-0.4, -0.2) is 18.2 Å². The molecule has 0 aliphatic carbocycles. The van der Waals surface area contributed by atoms with E-state index in [-0.39, 0.29) is 12.5 Å². The molecule has 5 nitrogen and oxygen atoms in total. The van der Waals surface area contributed by atoms with E-state index in [1.165, 1.54) is 11.1 Å². The Morgan fingerprint density at radius 2 is 1.84 bits per heavy atom. The number of amides is 1. The van der Waals surface area contributed by atoms with E-state index in [9.17, 15) is 4.79 Å². The van der Waals surface area contributed by atoms with E-state index >= 15 is 0 Å². The third-order valence-electron chi connectivity index (χ3n) is 3.95. The average Bonchev–Trinajstić information content (AvgIpc) is 2.61. The van der Waals surface area contributed by atoms with Crippen molar-refractivity contribution in [1.82, 2.24) is 5.43 Å². The molecule has 0 aliphatic heterocycles. The number of hydrogen-bond acceptors (Lipinski definition) is 4. The van der Waals surface area contributed by atoms with Crippen molar-refractivity contribution in [3.63, 3.8) is 0 Å². The summed E-state index contributed by atoms with van der Waals surface area (Å²) in [4.78, 5) is 11.9. The molecule has 0 unspecified atom stereocenters. The first-order valence-corrected chi connectivity index (χ1v) is 7.95. The van der Waals surface area contributed by atoms with Gasteiger partial charge in [0.2, 0.25) is 0 Å². The Bertz CT molecular complexity index is 864. The van der Waals surface area contributed by atoms with Gasteiger partial charge < -0.3 is 4.74 Å². The Morgan fingerprint density at radius 3 is 2.56 bits per heavy atom. The molecule has 0 saturated heterocycles. The zero-order valence-corrected chi connectivity index (χ0v) is 14.9. The Labute approximate surface area is 147 Å². The molecule has 0 saturated carbocycles. The third-order valence-corrected chi connectivity index (χ3v) is 3.95. The van der Waals surface area contributed by atoms with Crippen molar-refractivity contribution >= 4 is 11.6 Å². The van der Waals surface area contributed by atoms with Gasteiger partial charge in [-0.25, -0.2) is 5.43 Å². The molecule has 1 N–H and O–H groups in total. The highest BCUT2D eigenvalue weighted by Gasteiger charge is 2.08. The number of carbonyl (C=O) groups excluding carboxylic acids is 1. The molecule has 0 aromatic heterocycles. The van der Waals surface area contributed by atoms with Crippen LogP contribution in [0.4, 0.5) is 0 Å². The Balaban J connectivity index is 2.00. The second-order valence-corrected chi connectivity index (χ2v) is 5.88. The predicted octanol–water partition coefficient (Wildman–Crippen LogP) is 3.40. The van der Waals surface area contributed by atoms with Gasteiger partial charge in [-0.3, -0.25) is 4.79 Å². The molecule has 0 heterocycles. The van der Waals surface area contributed by atoms with E-state index in [2.05, 4.69) is 29.6 Å². The summed E-state index contributed by atoms with van der Waals surface area (Å²) in [6, 6.07) is 13.0. The lowest BCUT2D eigenvalue weighted by atomic mass is 9.98. The van der Waals surface area contributed by atoms with Crippen LogP contribution in [0.3, 0.4) is 0 Å². The summed E-state index contributed by atoms with van der Waals surface area (Å²) in [7, 11) is 0. The summed E-state index contributed by atoms with van der Waals surface area (Å²) < 4.78 is 5.38. The molecule has 2 aromatic carbocycles. The molecule has 0 aliphatic rings. The van der Waals surface area contributed by atoms with Crippen LogP contribution >= 0.6 is 0 Å². The van der Waals surface area contributed by atoms with E-state index in [4.69, 9.17) is 10.00 Å². The van der Waals surface area contributed by atoms with Gasteiger partial charge in [-0.1, -0.05) is 18.2 Å². The number of nitrogens with zero attached hydrogens (tertiary/aromatic N) is 2. The average molecular weight is 335 g/mol. The molecule has 0 bridgehead atoms. The van der Waals surface area contributed by atoms with Crippen LogP contribution in [0.2, 0.25) is 0 Å². The van der Waals surface area contributed by atoms with E-state index in [1.54, 1.807) is 24.3 Å². The predicted molar refractivity (Wildman–Crippen MR) is 97.7 cm³/mol. The highest BCUT2D eigenvalue weighted by Crippen LogP contribution is 2.17. The smallest absolute Gasteiger partial charge is 0.277 e. The van der Waals surface area contributed by atoms with E-state index in [0.717, 1.165) is 16.8 Å². The van der Waals surface area contributed by atoms with Crippen LogP contribution in [0, 0.1) is 32.1 Å². The fourth-order valence-electron chi connectivity index (χ4n) is 2.42. The van der Waals surface area contributed by atoms with E-state index in [0.29, 0.717) is 11.3 Å². The van der Waals surface area contributed by atoms with Crippen molar-refractivity contribution in [2.45, 2.75) is 27.7 Å². The number of rotatable bonds is 5. The van der Waals surface area contributed by atoms with Crippen molar-refractivity contribution in [2.24, 2.45) is 5.10 Å². The molecule has 2 aromatic rings. The fraction of sp³-hybridized carbons (Fsp3) is 0.250. The zero-order valence-electron chi connectivity index (χ0n) is 14.9. The molecular formula is C20H21N3O2. The van der Waals surface area contributed by atoms with Crippen LogP contribution < -0.4 is 10.2 Å². The molecule has 0 radical (unpaired) electrons.